The summed E-state index contributed by atoms with van der Waals surface area (Å²) < 4.78 is 11.1. The van der Waals surface area contributed by atoms with Crippen LogP contribution in [0.1, 0.15) is 18.4 Å². The van der Waals surface area contributed by atoms with E-state index in [9.17, 15) is 10.1 Å². The molecular formula is C19H17ClN2O4. The summed E-state index contributed by atoms with van der Waals surface area (Å²) in [5, 5.41) is 12.0. The average molecular weight is 373 g/mol. The lowest BCUT2D eigenvalue weighted by molar-refractivity contribution is -0.385. The summed E-state index contributed by atoms with van der Waals surface area (Å²) in [6.45, 7) is 1.40. The molecule has 0 aliphatic carbocycles. The summed E-state index contributed by atoms with van der Waals surface area (Å²) in [5.74, 6) is 0.658. The van der Waals surface area contributed by atoms with E-state index in [-0.39, 0.29) is 16.5 Å². The van der Waals surface area contributed by atoms with E-state index in [0.717, 1.165) is 12.8 Å². The number of para-hydroxylation sites is 2. The molecule has 2 heterocycles. The molecule has 1 aromatic heterocycles. The largest absolute Gasteiger partial charge is 0.436 e. The fraction of sp³-hybridized carbons (Fsp3) is 0.316. The first-order valence-electron chi connectivity index (χ1n) is 8.52. The number of hydrogen-bond acceptors (Lipinski definition) is 5. The highest BCUT2D eigenvalue weighted by molar-refractivity contribution is 6.33. The molecule has 1 aliphatic rings. The molecular weight excluding hydrogens is 356 g/mol. The molecule has 26 heavy (non-hydrogen) atoms. The topological polar surface area (TPSA) is 78.4 Å². The fourth-order valence-electron chi connectivity index (χ4n) is 3.35. The lowest BCUT2D eigenvalue weighted by Gasteiger charge is -2.22. The van der Waals surface area contributed by atoms with Gasteiger partial charge >= 0.3 is 0 Å². The van der Waals surface area contributed by atoms with Crippen molar-refractivity contribution in [3.63, 3.8) is 0 Å². The summed E-state index contributed by atoms with van der Waals surface area (Å²) in [4.78, 5) is 15.7. The predicted molar refractivity (Wildman–Crippen MR) is 98.4 cm³/mol. The number of hydrogen-bond donors (Lipinski definition) is 0. The van der Waals surface area contributed by atoms with Gasteiger partial charge in [0.15, 0.2) is 5.58 Å². The van der Waals surface area contributed by atoms with Gasteiger partial charge in [0.2, 0.25) is 5.89 Å². The minimum atomic E-state index is -0.364. The first-order valence-corrected chi connectivity index (χ1v) is 8.90. The van der Waals surface area contributed by atoms with Gasteiger partial charge in [-0.05, 0) is 43.4 Å². The lowest BCUT2D eigenvalue weighted by Crippen LogP contribution is -2.18. The van der Waals surface area contributed by atoms with Crippen LogP contribution in [-0.2, 0) is 11.2 Å². The van der Waals surface area contributed by atoms with Gasteiger partial charge in [-0.3, -0.25) is 10.1 Å². The number of ether oxygens (including phenoxy) is 1. The van der Waals surface area contributed by atoms with Crippen molar-refractivity contribution in [1.29, 1.82) is 0 Å². The second-order valence-electron chi connectivity index (χ2n) is 6.46. The molecule has 0 saturated carbocycles. The molecule has 0 atom stereocenters. The monoisotopic (exact) mass is 372 g/mol. The van der Waals surface area contributed by atoms with Crippen molar-refractivity contribution in [2.45, 2.75) is 19.3 Å². The zero-order valence-corrected chi connectivity index (χ0v) is 14.7. The molecule has 0 unspecified atom stereocenters. The third kappa shape index (κ3) is 3.30. The highest BCUT2D eigenvalue weighted by atomic mass is 35.5. The van der Waals surface area contributed by atoms with E-state index in [1.165, 1.54) is 6.07 Å². The van der Waals surface area contributed by atoms with E-state index in [2.05, 4.69) is 4.98 Å². The molecule has 134 valence electrons. The summed E-state index contributed by atoms with van der Waals surface area (Å²) in [6.07, 6.45) is 2.43. The van der Waals surface area contributed by atoms with Gasteiger partial charge in [-0.2, -0.15) is 0 Å². The normalized spacial score (nSPS) is 15.4. The van der Waals surface area contributed by atoms with Crippen LogP contribution in [0.25, 0.3) is 22.6 Å². The summed E-state index contributed by atoms with van der Waals surface area (Å²) >= 11 is 6.44. The van der Waals surface area contributed by atoms with Crippen molar-refractivity contribution in [3.8, 4) is 11.5 Å². The molecule has 1 fully saturated rings. The van der Waals surface area contributed by atoms with Gasteiger partial charge in [-0.15, -0.1) is 0 Å². The van der Waals surface area contributed by atoms with Gasteiger partial charge in [0.1, 0.15) is 5.52 Å². The minimum absolute atomic E-state index is 0.0538. The lowest BCUT2D eigenvalue weighted by atomic mass is 9.91. The Morgan fingerprint density at radius 2 is 2.00 bits per heavy atom. The third-order valence-electron chi connectivity index (χ3n) is 4.74. The number of aromatic nitrogens is 1. The van der Waals surface area contributed by atoms with Crippen LogP contribution in [0.4, 0.5) is 5.69 Å². The maximum atomic E-state index is 11.6. The third-order valence-corrected chi connectivity index (χ3v) is 5.05. The Kier molecular flexibility index (Phi) is 4.61. The molecule has 4 rings (SSSR count). The highest BCUT2D eigenvalue weighted by Crippen LogP contribution is 2.37. The van der Waals surface area contributed by atoms with Gasteiger partial charge in [-0.25, -0.2) is 4.98 Å². The van der Waals surface area contributed by atoms with E-state index < -0.39 is 0 Å². The number of nitro groups is 1. The van der Waals surface area contributed by atoms with Crippen molar-refractivity contribution in [1.82, 2.24) is 4.98 Å². The fourth-order valence-corrected chi connectivity index (χ4v) is 3.62. The van der Waals surface area contributed by atoms with Crippen LogP contribution >= 0.6 is 11.6 Å². The number of rotatable bonds is 4. The van der Waals surface area contributed by atoms with Gasteiger partial charge in [0.25, 0.3) is 5.69 Å². The van der Waals surface area contributed by atoms with E-state index in [1.54, 1.807) is 12.1 Å². The average Bonchev–Trinajstić information content (AvgIpc) is 3.06. The number of nitro benzene ring substituents is 1. The number of fused-ring (bicyclic) bond motifs is 1. The first-order chi connectivity index (χ1) is 12.6. The van der Waals surface area contributed by atoms with E-state index in [4.69, 9.17) is 20.8 Å². The Morgan fingerprint density at radius 3 is 2.73 bits per heavy atom. The van der Waals surface area contributed by atoms with Gasteiger partial charge in [0.05, 0.1) is 15.5 Å². The van der Waals surface area contributed by atoms with Crippen LogP contribution in [0.2, 0.25) is 5.02 Å². The molecule has 6 nitrogen and oxygen atoms in total. The Labute approximate surface area is 154 Å². The van der Waals surface area contributed by atoms with Crippen LogP contribution in [0.5, 0.6) is 0 Å². The van der Waals surface area contributed by atoms with E-state index in [1.807, 2.05) is 18.2 Å². The maximum Gasteiger partial charge on any atom is 0.273 e. The Balaban J connectivity index is 1.74. The van der Waals surface area contributed by atoms with Crippen molar-refractivity contribution >= 4 is 28.4 Å². The van der Waals surface area contributed by atoms with Gasteiger partial charge in [0, 0.05) is 24.8 Å². The Morgan fingerprint density at radius 1 is 1.23 bits per heavy atom. The SMILES string of the molecule is O=[N+]([O-])c1cc(-c2nc3ccccc3o2)c(Cl)cc1CC1CCOCC1. The summed E-state index contributed by atoms with van der Waals surface area (Å²) in [5.41, 5.74) is 2.44. The highest BCUT2D eigenvalue weighted by Gasteiger charge is 2.24. The Hall–Kier alpha value is -2.44. The number of nitrogens with zero attached hydrogens (tertiary/aromatic N) is 2. The number of oxazole rings is 1. The van der Waals surface area contributed by atoms with Gasteiger partial charge in [-0.1, -0.05) is 23.7 Å². The second kappa shape index (κ2) is 7.05. The minimum Gasteiger partial charge on any atom is -0.436 e. The summed E-state index contributed by atoms with van der Waals surface area (Å²) in [7, 11) is 0. The van der Waals surface area contributed by atoms with E-state index >= 15 is 0 Å². The number of benzene rings is 2. The van der Waals surface area contributed by atoms with Crippen molar-refractivity contribution < 1.29 is 14.1 Å². The smallest absolute Gasteiger partial charge is 0.273 e. The molecule has 3 aromatic rings. The Bertz CT molecular complexity index is 930. The molecule has 0 N–H and O–H groups in total. The zero-order valence-electron chi connectivity index (χ0n) is 14.0. The zero-order chi connectivity index (χ0) is 18.1. The van der Waals surface area contributed by atoms with Crippen molar-refractivity contribution in [2.24, 2.45) is 5.92 Å². The molecule has 0 spiro atoms. The van der Waals surface area contributed by atoms with Crippen LogP contribution < -0.4 is 0 Å². The molecule has 7 heteroatoms. The van der Waals surface area contributed by atoms with E-state index in [0.29, 0.717) is 52.8 Å². The summed E-state index contributed by atoms with van der Waals surface area (Å²) in [6, 6.07) is 10.5. The van der Waals surface area contributed by atoms with Gasteiger partial charge < -0.3 is 9.15 Å². The van der Waals surface area contributed by atoms with Crippen LogP contribution in [-0.4, -0.2) is 23.1 Å². The quantitative estimate of drug-likeness (QED) is 0.474. The second-order valence-corrected chi connectivity index (χ2v) is 6.87. The number of halogens is 1. The van der Waals surface area contributed by atoms with Crippen molar-refractivity contribution in [3.05, 3.63) is 57.1 Å². The molecule has 1 saturated heterocycles. The molecule has 0 amide bonds. The van der Waals surface area contributed by atoms with Crippen molar-refractivity contribution in [2.75, 3.05) is 13.2 Å². The molecule has 0 bridgehead atoms. The maximum absolute atomic E-state index is 11.6. The standard InChI is InChI=1S/C19H17ClN2O4/c20-15-10-13(9-12-5-7-25-8-6-12)17(22(23)24)11-14(15)19-21-16-3-1-2-4-18(16)26-19/h1-4,10-12H,5-9H2. The van der Waals surface area contributed by atoms with Crippen LogP contribution in [0, 0.1) is 16.0 Å². The van der Waals surface area contributed by atoms with Crippen LogP contribution in [0.15, 0.2) is 40.8 Å². The molecule has 2 aromatic carbocycles. The van der Waals surface area contributed by atoms with Crippen LogP contribution in [0.3, 0.4) is 0 Å². The molecule has 0 radical (unpaired) electrons. The first kappa shape index (κ1) is 17.0. The molecule has 1 aliphatic heterocycles. The predicted octanol–water partition coefficient (Wildman–Crippen LogP) is 5.03.